The standard InChI is InChI=1S/C10H18N2O4/c1-3-5-12(6-4-2)10(16)11-8(7-13)9(14)15/h3,8,13H,1,4-7H2,2H3,(H,11,16)(H,14,15). The molecule has 2 amide bonds. The number of carboxylic acid groups (broad SMARTS) is 1. The number of aliphatic carboxylic acids is 1. The predicted molar refractivity (Wildman–Crippen MR) is 59.1 cm³/mol. The van der Waals surface area contributed by atoms with Gasteiger partial charge in [-0.25, -0.2) is 9.59 Å². The molecule has 3 N–H and O–H groups in total. The van der Waals surface area contributed by atoms with Crippen LogP contribution in [0.25, 0.3) is 0 Å². The minimum atomic E-state index is -1.27. The van der Waals surface area contributed by atoms with Crippen LogP contribution >= 0.6 is 0 Å². The van der Waals surface area contributed by atoms with E-state index in [-0.39, 0.29) is 0 Å². The molecule has 0 fully saturated rings. The Labute approximate surface area is 94.6 Å². The first-order valence-electron chi connectivity index (χ1n) is 5.06. The normalized spacial score (nSPS) is 11.6. The number of aliphatic hydroxyl groups excluding tert-OH is 1. The number of urea groups is 1. The summed E-state index contributed by atoms with van der Waals surface area (Å²) in [6.07, 6.45) is 2.32. The van der Waals surface area contributed by atoms with Crippen molar-refractivity contribution in [2.45, 2.75) is 19.4 Å². The highest BCUT2D eigenvalue weighted by atomic mass is 16.4. The molecule has 0 saturated carbocycles. The quantitative estimate of drug-likeness (QED) is 0.539. The van der Waals surface area contributed by atoms with Crippen LogP contribution in [0.15, 0.2) is 12.7 Å². The van der Waals surface area contributed by atoms with Crippen molar-refractivity contribution in [2.24, 2.45) is 0 Å². The summed E-state index contributed by atoms with van der Waals surface area (Å²) < 4.78 is 0. The van der Waals surface area contributed by atoms with Crippen molar-refractivity contribution in [3.63, 3.8) is 0 Å². The zero-order chi connectivity index (χ0) is 12.6. The Balaban J connectivity index is 4.37. The van der Waals surface area contributed by atoms with Gasteiger partial charge in [-0.3, -0.25) is 0 Å². The van der Waals surface area contributed by atoms with E-state index in [0.717, 1.165) is 6.42 Å². The van der Waals surface area contributed by atoms with Gasteiger partial charge in [-0.2, -0.15) is 0 Å². The zero-order valence-corrected chi connectivity index (χ0v) is 9.35. The summed E-state index contributed by atoms with van der Waals surface area (Å²) in [5, 5.41) is 19.6. The molecule has 16 heavy (non-hydrogen) atoms. The highest BCUT2D eigenvalue weighted by Crippen LogP contribution is 1.95. The van der Waals surface area contributed by atoms with Crippen LogP contribution in [0.2, 0.25) is 0 Å². The molecular weight excluding hydrogens is 212 g/mol. The van der Waals surface area contributed by atoms with Gasteiger partial charge in [0, 0.05) is 13.1 Å². The van der Waals surface area contributed by atoms with Crippen molar-refractivity contribution >= 4 is 12.0 Å². The van der Waals surface area contributed by atoms with Crippen molar-refractivity contribution < 1.29 is 19.8 Å². The number of carbonyl (C=O) groups excluding carboxylic acids is 1. The number of rotatable bonds is 7. The summed E-state index contributed by atoms with van der Waals surface area (Å²) in [6, 6.07) is -1.78. The Morgan fingerprint density at radius 2 is 2.19 bits per heavy atom. The van der Waals surface area contributed by atoms with E-state index >= 15 is 0 Å². The predicted octanol–water partition coefficient (Wildman–Crippen LogP) is 0.0395. The van der Waals surface area contributed by atoms with E-state index in [9.17, 15) is 9.59 Å². The number of hydrogen-bond acceptors (Lipinski definition) is 3. The summed E-state index contributed by atoms with van der Waals surface area (Å²) in [6.45, 7) is 5.64. The van der Waals surface area contributed by atoms with Crippen molar-refractivity contribution in [1.82, 2.24) is 10.2 Å². The second-order valence-corrected chi connectivity index (χ2v) is 3.26. The molecule has 0 aliphatic carbocycles. The van der Waals surface area contributed by atoms with Crippen LogP contribution in [0.1, 0.15) is 13.3 Å². The van der Waals surface area contributed by atoms with Gasteiger partial charge >= 0.3 is 12.0 Å². The number of carboxylic acids is 1. The van der Waals surface area contributed by atoms with E-state index in [1.165, 1.54) is 4.90 Å². The molecule has 6 heteroatoms. The van der Waals surface area contributed by atoms with Gasteiger partial charge in [0.05, 0.1) is 6.61 Å². The summed E-state index contributed by atoms with van der Waals surface area (Å²) >= 11 is 0. The fraction of sp³-hybridized carbons (Fsp3) is 0.600. The number of nitrogens with one attached hydrogen (secondary N) is 1. The molecule has 0 aliphatic rings. The summed E-state index contributed by atoms with van der Waals surface area (Å²) in [5.41, 5.74) is 0. The molecule has 0 aromatic rings. The lowest BCUT2D eigenvalue weighted by atomic mass is 10.3. The Morgan fingerprint density at radius 1 is 1.56 bits per heavy atom. The molecule has 6 nitrogen and oxygen atoms in total. The molecule has 0 radical (unpaired) electrons. The average Bonchev–Trinajstić information content (AvgIpc) is 2.24. The number of carbonyl (C=O) groups is 2. The third kappa shape index (κ3) is 4.79. The van der Waals surface area contributed by atoms with Crippen LogP contribution in [0, 0.1) is 0 Å². The number of hydrogen-bond donors (Lipinski definition) is 3. The van der Waals surface area contributed by atoms with Crippen LogP contribution in [0.3, 0.4) is 0 Å². The average molecular weight is 230 g/mol. The number of nitrogens with zero attached hydrogens (tertiary/aromatic N) is 1. The molecule has 92 valence electrons. The fourth-order valence-electron chi connectivity index (χ4n) is 1.13. The van der Waals surface area contributed by atoms with Gasteiger partial charge in [0.1, 0.15) is 0 Å². The molecule has 0 rings (SSSR count). The molecule has 0 spiro atoms. The van der Waals surface area contributed by atoms with E-state index in [2.05, 4.69) is 11.9 Å². The van der Waals surface area contributed by atoms with E-state index < -0.39 is 24.6 Å². The van der Waals surface area contributed by atoms with Gasteiger partial charge < -0.3 is 20.4 Å². The molecular formula is C10H18N2O4. The third-order valence-corrected chi connectivity index (χ3v) is 1.91. The molecule has 0 saturated heterocycles. The van der Waals surface area contributed by atoms with Gasteiger partial charge in [0.25, 0.3) is 0 Å². The lowest BCUT2D eigenvalue weighted by molar-refractivity contribution is -0.140. The lowest BCUT2D eigenvalue weighted by Gasteiger charge is -2.22. The maximum atomic E-state index is 11.6. The van der Waals surface area contributed by atoms with E-state index in [1.54, 1.807) is 6.08 Å². The van der Waals surface area contributed by atoms with Crippen LogP contribution in [-0.4, -0.2) is 52.9 Å². The first-order chi connectivity index (χ1) is 7.56. The van der Waals surface area contributed by atoms with Gasteiger partial charge in [0.2, 0.25) is 0 Å². The maximum Gasteiger partial charge on any atom is 0.328 e. The molecule has 1 atom stereocenters. The van der Waals surface area contributed by atoms with Crippen LogP contribution in [-0.2, 0) is 4.79 Å². The summed E-state index contributed by atoms with van der Waals surface area (Å²) in [5.74, 6) is -1.26. The highest BCUT2D eigenvalue weighted by molar-refractivity contribution is 5.82. The van der Waals surface area contributed by atoms with Gasteiger partial charge in [-0.05, 0) is 6.42 Å². The van der Waals surface area contributed by atoms with Gasteiger partial charge in [-0.15, -0.1) is 6.58 Å². The molecule has 0 aromatic carbocycles. The Kier molecular flexibility index (Phi) is 6.95. The Hall–Kier alpha value is -1.56. The first kappa shape index (κ1) is 14.4. The van der Waals surface area contributed by atoms with Crippen molar-refractivity contribution in [1.29, 1.82) is 0 Å². The SMILES string of the molecule is C=CCN(CCC)C(=O)NC(CO)C(=O)O. The van der Waals surface area contributed by atoms with Crippen molar-refractivity contribution in [2.75, 3.05) is 19.7 Å². The molecule has 0 bridgehead atoms. The number of aliphatic hydroxyl groups is 1. The minimum Gasteiger partial charge on any atom is -0.480 e. The Bertz CT molecular complexity index is 255. The summed E-state index contributed by atoms with van der Waals surface area (Å²) in [4.78, 5) is 23.6. The highest BCUT2D eigenvalue weighted by Gasteiger charge is 2.21. The second kappa shape index (κ2) is 7.70. The topological polar surface area (TPSA) is 89.9 Å². The Morgan fingerprint density at radius 3 is 2.56 bits per heavy atom. The molecule has 0 aromatic heterocycles. The van der Waals surface area contributed by atoms with E-state index in [0.29, 0.717) is 13.1 Å². The molecule has 1 unspecified atom stereocenters. The van der Waals surface area contributed by atoms with Crippen LogP contribution in [0.5, 0.6) is 0 Å². The van der Waals surface area contributed by atoms with E-state index in [1.807, 2.05) is 6.92 Å². The maximum absolute atomic E-state index is 11.6. The van der Waals surface area contributed by atoms with Gasteiger partial charge in [-0.1, -0.05) is 13.0 Å². The van der Waals surface area contributed by atoms with Crippen molar-refractivity contribution in [3.8, 4) is 0 Å². The lowest BCUT2D eigenvalue weighted by Crippen LogP contribution is -2.49. The van der Waals surface area contributed by atoms with Gasteiger partial charge in [0.15, 0.2) is 6.04 Å². The van der Waals surface area contributed by atoms with Crippen LogP contribution < -0.4 is 5.32 Å². The minimum absolute atomic E-state index is 0.345. The first-order valence-corrected chi connectivity index (χ1v) is 5.06. The molecule has 0 heterocycles. The second-order valence-electron chi connectivity index (χ2n) is 3.26. The third-order valence-electron chi connectivity index (χ3n) is 1.91. The van der Waals surface area contributed by atoms with E-state index in [4.69, 9.17) is 10.2 Å². The largest absolute Gasteiger partial charge is 0.480 e. The fourth-order valence-corrected chi connectivity index (χ4v) is 1.13. The monoisotopic (exact) mass is 230 g/mol. The molecule has 0 aliphatic heterocycles. The van der Waals surface area contributed by atoms with Crippen LogP contribution in [0.4, 0.5) is 4.79 Å². The van der Waals surface area contributed by atoms with Crippen molar-refractivity contribution in [3.05, 3.63) is 12.7 Å². The summed E-state index contributed by atoms with van der Waals surface area (Å²) in [7, 11) is 0. The zero-order valence-electron chi connectivity index (χ0n) is 9.35. The smallest absolute Gasteiger partial charge is 0.328 e. The number of amides is 2.